The van der Waals surface area contributed by atoms with Gasteiger partial charge in [0.05, 0.1) is 0 Å². The largest absolute Gasteiger partial charge is 0.340 e. The van der Waals surface area contributed by atoms with Crippen molar-refractivity contribution in [1.82, 2.24) is 10.2 Å². The number of amides is 1. The van der Waals surface area contributed by atoms with Gasteiger partial charge in [0.25, 0.3) is 5.91 Å². The van der Waals surface area contributed by atoms with E-state index < -0.39 is 0 Å². The number of hydrogen-bond acceptors (Lipinski definition) is 2. The molecular formula is C12H17BrN2O. The minimum absolute atomic E-state index is 0.0610. The highest BCUT2D eigenvalue weighted by molar-refractivity contribution is 9.10. The van der Waals surface area contributed by atoms with Crippen LogP contribution in [-0.2, 0) is 0 Å². The van der Waals surface area contributed by atoms with Crippen LogP contribution in [0.25, 0.3) is 0 Å². The molecule has 0 aromatic heterocycles. The number of benzene rings is 1. The van der Waals surface area contributed by atoms with Gasteiger partial charge in [-0.15, -0.1) is 0 Å². The molecule has 0 aliphatic heterocycles. The maximum Gasteiger partial charge on any atom is 0.253 e. The first-order chi connectivity index (χ1) is 7.56. The van der Waals surface area contributed by atoms with E-state index in [4.69, 9.17) is 0 Å². The van der Waals surface area contributed by atoms with E-state index in [9.17, 15) is 4.79 Å². The summed E-state index contributed by atoms with van der Waals surface area (Å²) in [6.07, 6.45) is 0. The van der Waals surface area contributed by atoms with Crippen LogP contribution in [0, 0.1) is 6.92 Å². The summed E-state index contributed by atoms with van der Waals surface area (Å²) in [5.74, 6) is 0.0610. The van der Waals surface area contributed by atoms with Crippen molar-refractivity contribution in [2.75, 3.05) is 27.2 Å². The van der Waals surface area contributed by atoms with Crippen molar-refractivity contribution in [3.8, 4) is 0 Å². The molecule has 0 aliphatic rings. The Balaban J connectivity index is 2.76. The number of likely N-dealkylation sites (N-methyl/N-ethyl adjacent to an activating group) is 2. The standard InChI is InChI=1S/C12H17BrN2O/c1-9-8-10(4-5-11(9)13)12(16)15(3)7-6-14-2/h4-5,8,14H,6-7H2,1-3H3. The molecule has 1 N–H and O–H groups in total. The van der Waals surface area contributed by atoms with Crippen LogP contribution in [0.1, 0.15) is 15.9 Å². The Kier molecular flexibility index (Phi) is 4.96. The molecule has 16 heavy (non-hydrogen) atoms. The highest BCUT2D eigenvalue weighted by Crippen LogP contribution is 2.17. The number of aryl methyl sites for hydroxylation is 1. The summed E-state index contributed by atoms with van der Waals surface area (Å²) in [6, 6.07) is 5.66. The molecule has 3 nitrogen and oxygen atoms in total. The van der Waals surface area contributed by atoms with E-state index in [1.54, 1.807) is 4.90 Å². The van der Waals surface area contributed by atoms with E-state index in [1.165, 1.54) is 0 Å². The second-order valence-corrected chi connectivity index (χ2v) is 4.65. The molecule has 0 unspecified atom stereocenters. The molecule has 0 saturated carbocycles. The van der Waals surface area contributed by atoms with E-state index >= 15 is 0 Å². The average Bonchev–Trinajstić information content (AvgIpc) is 2.28. The summed E-state index contributed by atoms with van der Waals surface area (Å²) in [5.41, 5.74) is 1.81. The van der Waals surface area contributed by atoms with Crippen molar-refractivity contribution in [2.45, 2.75) is 6.92 Å². The molecule has 88 valence electrons. The molecule has 1 aromatic rings. The number of carbonyl (C=O) groups excluding carboxylic acids is 1. The molecule has 0 bridgehead atoms. The van der Waals surface area contributed by atoms with Gasteiger partial charge in [0, 0.05) is 30.2 Å². The first-order valence-corrected chi connectivity index (χ1v) is 6.01. The second kappa shape index (κ2) is 6.01. The number of rotatable bonds is 4. The lowest BCUT2D eigenvalue weighted by Gasteiger charge is -2.17. The minimum atomic E-state index is 0.0610. The lowest BCUT2D eigenvalue weighted by molar-refractivity contribution is 0.0797. The Bertz CT molecular complexity index is 379. The van der Waals surface area contributed by atoms with Crippen LogP contribution < -0.4 is 5.32 Å². The number of halogens is 1. The van der Waals surface area contributed by atoms with E-state index in [2.05, 4.69) is 21.2 Å². The number of nitrogens with zero attached hydrogens (tertiary/aromatic N) is 1. The predicted molar refractivity (Wildman–Crippen MR) is 69.8 cm³/mol. The number of nitrogens with one attached hydrogen (secondary N) is 1. The summed E-state index contributed by atoms with van der Waals surface area (Å²) in [5, 5.41) is 3.02. The van der Waals surface area contributed by atoms with E-state index in [0.29, 0.717) is 6.54 Å². The quantitative estimate of drug-likeness (QED) is 0.918. The molecule has 1 amide bonds. The van der Waals surface area contributed by atoms with Gasteiger partial charge >= 0.3 is 0 Å². The average molecular weight is 285 g/mol. The molecule has 0 fully saturated rings. The lowest BCUT2D eigenvalue weighted by atomic mass is 10.1. The highest BCUT2D eigenvalue weighted by Gasteiger charge is 2.11. The van der Waals surface area contributed by atoms with Crippen LogP contribution in [0.5, 0.6) is 0 Å². The molecule has 4 heteroatoms. The topological polar surface area (TPSA) is 32.3 Å². The molecule has 0 atom stereocenters. The van der Waals surface area contributed by atoms with Gasteiger partial charge in [-0.05, 0) is 37.7 Å². The van der Waals surface area contributed by atoms with Crippen LogP contribution in [0.3, 0.4) is 0 Å². The third-order valence-electron chi connectivity index (χ3n) is 2.45. The summed E-state index contributed by atoms with van der Waals surface area (Å²) < 4.78 is 1.03. The second-order valence-electron chi connectivity index (χ2n) is 3.79. The third kappa shape index (κ3) is 3.32. The Morgan fingerprint density at radius 2 is 2.19 bits per heavy atom. The van der Waals surface area contributed by atoms with Crippen molar-refractivity contribution in [2.24, 2.45) is 0 Å². The summed E-state index contributed by atoms with van der Waals surface area (Å²) in [6.45, 7) is 3.50. The molecule has 0 saturated heterocycles. The van der Waals surface area contributed by atoms with Gasteiger partial charge in [0.1, 0.15) is 0 Å². The first kappa shape index (κ1) is 13.2. The van der Waals surface area contributed by atoms with Crippen molar-refractivity contribution in [1.29, 1.82) is 0 Å². The molecule has 1 aromatic carbocycles. The van der Waals surface area contributed by atoms with Gasteiger partial charge < -0.3 is 10.2 Å². The van der Waals surface area contributed by atoms with Gasteiger partial charge in [0.2, 0.25) is 0 Å². The fourth-order valence-electron chi connectivity index (χ4n) is 1.38. The van der Waals surface area contributed by atoms with Gasteiger partial charge in [0.15, 0.2) is 0 Å². The zero-order valence-corrected chi connectivity index (χ0v) is 11.5. The monoisotopic (exact) mass is 284 g/mol. The zero-order valence-electron chi connectivity index (χ0n) is 9.88. The molecule has 0 heterocycles. The Morgan fingerprint density at radius 1 is 1.50 bits per heavy atom. The zero-order chi connectivity index (χ0) is 12.1. The molecule has 0 radical (unpaired) electrons. The van der Waals surface area contributed by atoms with Crippen LogP contribution in [0.2, 0.25) is 0 Å². The normalized spacial score (nSPS) is 10.2. The number of hydrogen-bond donors (Lipinski definition) is 1. The predicted octanol–water partition coefficient (Wildman–Crippen LogP) is 2.05. The van der Waals surface area contributed by atoms with E-state index in [-0.39, 0.29) is 5.91 Å². The fourth-order valence-corrected chi connectivity index (χ4v) is 1.63. The van der Waals surface area contributed by atoms with Gasteiger partial charge in [-0.25, -0.2) is 0 Å². The highest BCUT2D eigenvalue weighted by atomic mass is 79.9. The van der Waals surface area contributed by atoms with Crippen LogP contribution in [-0.4, -0.2) is 38.0 Å². The van der Waals surface area contributed by atoms with Crippen molar-refractivity contribution < 1.29 is 4.79 Å². The first-order valence-electron chi connectivity index (χ1n) is 5.22. The summed E-state index contributed by atoms with van der Waals surface area (Å²) >= 11 is 3.42. The van der Waals surface area contributed by atoms with Gasteiger partial charge in [-0.3, -0.25) is 4.79 Å². The smallest absolute Gasteiger partial charge is 0.253 e. The molecule has 1 rings (SSSR count). The van der Waals surface area contributed by atoms with Gasteiger partial charge in [-0.1, -0.05) is 15.9 Å². The summed E-state index contributed by atoms with van der Waals surface area (Å²) in [7, 11) is 3.69. The van der Waals surface area contributed by atoms with Crippen molar-refractivity contribution in [3.63, 3.8) is 0 Å². The number of carbonyl (C=O) groups is 1. The molecular weight excluding hydrogens is 268 g/mol. The molecule has 0 aliphatic carbocycles. The minimum Gasteiger partial charge on any atom is -0.340 e. The SMILES string of the molecule is CNCCN(C)C(=O)c1ccc(Br)c(C)c1. The van der Waals surface area contributed by atoms with Gasteiger partial charge in [-0.2, -0.15) is 0 Å². The van der Waals surface area contributed by atoms with Crippen LogP contribution in [0.4, 0.5) is 0 Å². The summed E-state index contributed by atoms with van der Waals surface area (Å²) in [4.78, 5) is 13.7. The third-order valence-corrected chi connectivity index (χ3v) is 3.34. The van der Waals surface area contributed by atoms with E-state index in [1.807, 2.05) is 39.2 Å². The fraction of sp³-hybridized carbons (Fsp3) is 0.417. The van der Waals surface area contributed by atoms with E-state index in [0.717, 1.165) is 22.1 Å². The maximum atomic E-state index is 12.0. The maximum absolute atomic E-state index is 12.0. The van der Waals surface area contributed by atoms with Crippen molar-refractivity contribution >= 4 is 21.8 Å². The Morgan fingerprint density at radius 3 is 2.75 bits per heavy atom. The Hall–Kier alpha value is -0.870. The molecule has 0 spiro atoms. The lowest BCUT2D eigenvalue weighted by Crippen LogP contribution is -2.32. The van der Waals surface area contributed by atoms with Crippen LogP contribution >= 0.6 is 15.9 Å². The van der Waals surface area contributed by atoms with Crippen LogP contribution in [0.15, 0.2) is 22.7 Å². The van der Waals surface area contributed by atoms with Crippen molar-refractivity contribution in [3.05, 3.63) is 33.8 Å². The Labute approximate surface area is 105 Å².